The lowest BCUT2D eigenvalue weighted by Crippen LogP contribution is -2.27. The van der Waals surface area contributed by atoms with E-state index in [2.05, 4.69) is 31.4 Å². The van der Waals surface area contributed by atoms with Gasteiger partial charge in [-0.3, -0.25) is 4.79 Å². The quantitative estimate of drug-likeness (QED) is 0.640. The van der Waals surface area contributed by atoms with Gasteiger partial charge in [-0.1, -0.05) is 40.0 Å². The number of carbonyl (C=O) groups is 1. The molecule has 1 atom stereocenters. The van der Waals surface area contributed by atoms with Gasteiger partial charge in [-0.05, 0) is 19.8 Å². The summed E-state index contributed by atoms with van der Waals surface area (Å²) in [5, 5.41) is 9.29. The molecule has 1 amide bonds. The zero-order valence-corrected chi connectivity index (χ0v) is 10.7. The van der Waals surface area contributed by atoms with Gasteiger partial charge in [-0.2, -0.15) is 0 Å². The molecule has 0 saturated heterocycles. The van der Waals surface area contributed by atoms with Crippen LogP contribution in [0.2, 0.25) is 0 Å². The van der Waals surface area contributed by atoms with Crippen LogP contribution in [0.5, 0.6) is 0 Å². The minimum absolute atomic E-state index is 0.0432. The largest absolute Gasteiger partial charge is 0.390 e. The zero-order chi connectivity index (χ0) is 11.8. The van der Waals surface area contributed by atoms with Gasteiger partial charge in [0.15, 0.2) is 0 Å². The Morgan fingerprint density at radius 3 is 1.93 bits per heavy atom. The van der Waals surface area contributed by atoms with Gasteiger partial charge in [0.05, 0.1) is 5.60 Å². The maximum Gasteiger partial charge on any atom is 0.229 e. The average Bonchev–Trinajstić information content (AvgIpc) is 2.14. The summed E-state index contributed by atoms with van der Waals surface area (Å²) in [5.41, 5.74) is -0.491. The van der Waals surface area contributed by atoms with Gasteiger partial charge in [0, 0.05) is 6.42 Å². The molecule has 4 heteroatoms. The van der Waals surface area contributed by atoms with E-state index < -0.39 is 5.60 Å². The first-order chi connectivity index (χ1) is 6.29. The van der Waals surface area contributed by atoms with Crippen molar-refractivity contribution in [1.29, 1.82) is 0 Å². The highest BCUT2D eigenvalue weighted by atomic mass is 32.1. The lowest BCUT2D eigenvalue weighted by Gasteiger charge is -2.23. The Labute approximate surface area is 92.8 Å². The predicted octanol–water partition coefficient (Wildman–Crippen LogP) is 2.16. The molecule has 0 bridgehead atoms. The molecule has 0 spiro atoms. The van der Waals surface area contributed by atoms with Crippen molar-refractivity contribution in [3.8, 4) is 0 Å². The highest BCUT2D eigenvalue weighted by Gasteiger charge is 2.19. The van der Waals surface area contributed by atoms with E-state index >= 15 is 0 Å². The van der Waals surface area contributed by atoms with Crippen LogP contribution in [0.25, 0.3) is 0 Å². The van der Waals surface area contributed by atoms with Crippen molar-refractivity contribution >= 4 is 18.7 Å². The van der Waals surface area contributed by atoms with Crippen LogP contribution in [0.3, 0.4) is 0 Å². The minimum atomic E-state index is -0.491. The standard InChI is InChI=1S/C7H16O.C3H7NOS/c1-5-6(2)7(3,4)8;1-2-3(5)4-6/h6,8H,5H2,1-4H3;6H,2H2,1H3,(H,4,5). The summed E-state index contributed by atoms with van der Waals surface area (Å²) in [6, 6.07) is 0. The van der Waals surface area contributed by atoms with Gasteiger partial charge >= 0.3 is 0 Å². The number of aliphatic hydroxyl groups is 1. The minimum Gasteiger partial charge on any atom is -0.390 e. The second-order valence-electron chi connectivity index (χ2n) is 3.85. The van der Waals surface area contributed by atoms with E-state index in [0.29, 0.717) is 12.3 Å². The van der Waals surface area contributed by atoms with Crippen LogP contribution in [0.15, 0.2) is 0 Å². The lowest BCUT2D eigenvalue weighted by molar-refractivity contribution is -0.118. The van der Waals surface area contributed by atoms with Crippen LogP contribution < -0.4 is 4.72 Å². The van der Waals surface area contributed by atoms with Crippen LogP contribution >= 0.6 is 12.8 Å². The summed E-state index contributed by atoms with van der Waals surface area (Å²) in [6.45, 7) is 9.61. The van der Waals surface area contributed by atoms with Crippen LogP contribution in [0.1, 0.15) is 47.5 Å². The summed E-state index contributed by atoms with van der Waals surface area (Å²) in [7, 11) is 0. The number of amides is 1. The first-order valence-electron chi connectivity index (χ1n) is 4.94. The molecule has 0 aromatic carbocycles. The molecular weight excluding hydrogens is 198 g/mol. The lowest BCUT2D eigenvalue weighted by atomic mass is 9.91. The Morgan fingerprint density at radius 1 is 1.50 bits per heavy atom. The molecule has 0 aliphatic heterocycles. The third-order valence-corrected chi connectivity index (χ3v) is 2.51. The van der Waals surface area contributed by atoms with E-state index in [-0.39, 0.29) is 5.91 Å². The fourth-order valence-electron chi connectivity index (χ4n) is 0.579. The SMILES string of the molecule is CCC(=O)NS.CCC(C)C(C)(C)O. The molecule has 2 N–H and O–H groups in total. The number of thiol groups is 1. The average molecular weight is 221 g/mol. The Bertz CT molecular complexity index is 149. The van der Waals surface area contributed by atoms with Crippen LogP contribution in [-0.2, 0) is 4.79 Å². The van der Waals surface area contributed by atoms with Crippen molar-refractivity contribution in [1.82, 2.24) is 4.72 Å². The van der Waals surface area contributed by atoms with E-state index in [1.165, 1.54) is 0 Å². The number of nitrogens with one attached hydrogen (secondary N) is 1. The maximum absolute atomic E-state index is 9.99. The molecule has 14 heavy (non-hydrogen) atoms. The molecule has 0 fully saturated rings. The molecule has 0 aromatic heterocycles. The van der Waals surface area contributed by atoms with Gasteiger partial charge in [-0.15, -0.1) is 0 Å². The van der Waals surface area contributed by atoms with E-state index in [4.69, 9.17) is 0 Å². The molecule has 0 radical (unpaired) electrons. The molecule has 1 unspecified atom stereocenters. The van der Waals surface area contributed by atoms with Gasteiger partial charge in [-0.25, -0.2) is 0 Å². The number of rotatable bonds is 3. The van der Waals surface area contributed by atoms with Gasteiger partial charge in [0.2, 0.25) is 5.91 Å². The van der Waals surface area contributed by atoms with E-state index in [0.717, 1.165) is 6.42 Å². The Hall–Kier alpha value is -0.220. The van der Waals surface area contributed by atoms with Crippen molar-refractivity contribution in [3.63, 3.8) is 0 Å². The Kier molecular flexibility index (Phi) is 9.41. The second-order valence-corrected chi connectivity index (χ2v) is 4.08. The smallest absolute Gasteiger partial charge is 0.229 e. The molecule has 0 aliphatic rings. The van der Waals surface area contributed by atoms with Gasteiger partial charge in [0.1, 0.15) is 0 Å². The number of hydrogen-bond donors (Lipinski definition) is 3. The van der Waals surface area contributed by atoms with Crippen molar-refractivity contribution in [3.05, 3.63) is 0 Å². The van der Waals surface area contributed by atoms with Crippen molar-refractivity contribution < 1.29 is 9.90 Å². The molecule has 0 saturated carbocycles. The van der Waals surface area contributed by atoms with Crippen LogP contribution in [0.4, 0.5) is 0 Å². The number of carbonyl (C=O) groups excluding carboxylic acids is 1. The Balaban J connectivity index is 0. The first-order valence-corrected chi connectivity index (χ1v) is 5.39. The third-order valence-electron chi connectivity index (χ3n) is 2.26. The summed E-state index contributed by atoms with van der Waals surface area (Å²) < 4.78 is 2.17. The topological polar surface area (TPSA) is 49.3 Å². The summed E-state index contributed by atoms with van der Waals surface area (Å²) >= 11 is 3.50. The molecule has 0 aromatic rings. The van der Waals surface area contributed by atoms with Gasteiger partial charge < -0.3 is 9.83 Å². The van der Waals surface area contributed by atoms with Crippen molar-refractivity contribution in [2.75, 3.05) is 0 Å². The van der Waals surface area contributed by atoms with Crippen molar-refractivity contribution in [2.45, 2.75) is 53.1 Å². The zero-order valence-electron chi connectivity index (χ0n) is 9.79. The van der Waals surface area contributed by atoms with E-state index in [9.17, 15) is 9.90 Å². The molecule has 86 valence electrons. The fraction of sp³-hybridized carbons (Fsp3) is 0.900. The molecule has 0 aliphatic carbocycles. The van der Waals surface area contributed by atoms with Crippen LogP contribution in [0, 0.1) is 5.92 Å². The highest BCUT2D eigenvalue weighted by molar-refractivity contribution is 7.78. The van der Waals surface area contributed by atoms with E-state index in [1.807, 2.05) is 13.8 Å². The molecule has 0 heterocycles. The maximum atomic E-state index is 9.99. The van der Waals surface area contributed by atoms with Crippen LogP contribution in [-0.4, -0.2) is 16.6 Å². The number of hydrogen-bond acceptors (Lipinski definition) is 3. The monoisotopic (exact) mass is 221 g/mol. The van der Waals surface area contributed by atoms with Crippen molar-refractivity contribution in [2.24, 2.45) is 5.92 Å². The fourth-order valence-corrected chi connectivity index (χ4v) is 0.737. The first kappa shape index (κ1) is 16.2. The molecular formula is C10H23NO2S. The van der Waals surface area contributed by atoms with E-state index in [1.54, 1.807) is 6.92 Å². The normalized spacial score (nSPS) is 12.5. The summed E-state index contributed by atoms with van der Waals surface area (Å²) in [6.07, 6.45) is 1.55. The predicted molar refractivity (Wildman–Crippen MR) is 63.2 cm³/mol. The Morgan fingerprint density at radius 2 is 1.93 bits per heavy atom. The molecule has 3 nitrogen and oxygen atoms in total. The molecule has 0 rings (SSSR count). The summed E-state index contributed by atoms with van der Waals surface area (Å²) in [5.74, 6) is 0.362. The summed E-state index contributed by atoms with van der Waals surface area (Å²) in [4.78, 5) is 9.99. The second kappa shape index (κ2) is 8.12. The van der Waals surface area contributed by atoms with Gasteiger partial charge in [0.25, 0.3) is 0 Å². The highest BCUT2D eigenvalue weighted by Crippen LogP contribution is 2.17. The third kappa shape index (κ3) is 9.86.